The molecule has 0 aliphatic heterocycles. The quantitative estimate of drug-likeness (QED) is 0.724. The Morgan fingerprint density at radius 2 is 2.20 bits per heavy atom. The van der Waals surface area contributed by atoms with Crippen LogP contribution in [0.3, 0.4) is 0 Å². The first kappa shape index (κ1) is 11.4. The van der Waals surface area contributed by atoms with E-state index < -0.39 is 17.8 Å². The van der Waals surface area contributed by atoms with Gasteiger partial charge in [0.05, 0.1) is 0 Å². The molecule has 1 heterocycles. The molecule has 0 spiro atoms. The number of anilines is 1. The van der Waals surface area contributed by atoms with Gasteiger partial charge >= 0.3 is 12.2 Å². The van der Waals surface area contributed by atoms with Gasteiger partial charge < -0.3 is 4.74 Å². The Hall–Kier alpha value is -1.72. The number of hydrogen-bond donors (Lipinski definition) is 1. The van der Waals surface area contributed by atoms with Crippen molar-refractivity contribution in [2.45, 2.75) is 26.4 Å². The van der Waals surface area contributed by atoms with E-state index in [-0.39, 0.29) is 5.82 Å². The molecule has 0 aliphatic carbocycles. The Morgan fingerprint density at radius 3 is 2.73 bits per heavy atom. The highest BCUT2D eigenvalue weighted by Crippen LogP contribution is 2.09. The van der Waals surface area contributed by atoms with Crippen molar-refractivity contribution in [1.29, 1.82) is 0 Å². The number of ether oxygens (including phenoxy) is 1. The van der Waals surface area contributed by atoms with Crippen molar-refractivity contribution in [2.24, 2.45) is 0 Å². The molecule has 0 saturated carbocycles. The van der Waals surface area contributed by atoms with E-state index in [1.54, 1.807) is 20.8 Å². The van der Waals surface area contributed by atoms with Crippen LogP contribution < -0.4 is 5.32 Å². The Labute approximate surface area is 86.7 Å². The normalized spacial score (nSPS) is 10.9. The number of nitrogens with zero attached hydrogens (tertiary/aromatic N) is 2. The second kappa shape index (κ2) is 4.20. The van der Waals surface area contributed by atoms with Gasteiger partial charge in [-0.1, -0.05) is 0 Å². The van der Waals surface area contributed by atoms with Crippen LogP contribution >= 0.6 is 0 Å². The number of hydrogen-bond acceptors (Lipinski definition) is 4. The highest BCUT2D eigenvalue weighted by molar-refractivity contribution is 5.83. The number of rotatable bonds is 1. The molecule has 1 aromatic heterocycles. The van der Waals surface area contributed by atoms with Gasteiger partial charge in [0.2, 0.25) is 0 Å². The fourth-order valence-electron chi connectivity index (χ4n) is 0.813. The third kappa shape index (κ3) is 4.35. The van der Waals surface area contributed by atoms with Crippen LogP contribution in [0.5, 0.6) is 0 Å². The SMILES string of the molecule is CC(C)(C)OC(=O)Nc1ccnc(F)n1. The van der Waals surface area contributed by atoms with Gasteiger partial charge in [0.25, 0.3) is 0 Å². The van der Waals surface area contributed by atoms with Crippen molar-refractivity contribution in [3.63, 3.8) is 0 Å². The summed E-state index contributed by atoms with van der Waals surface area (Å²) in [6.45, 7) is 5.19. The maximum atomic E-state index is 12.5. The minimum absolute atomic E-state index is 0.0664. The average molecular weight is 213 g/mol. The highest BCUT2D eigenvalue weighted by atomic mass is 19.1. The van der Waals surface area contributed by atoms with Gasteiger partial charge in [-0.25, -0.2) is 9.78 Å². The predicted octanol–water partition coefficient (Wildman–Crippen LogP) is 1.96. The van der Waals surface area contributed by atoms with Crippen LogP contribution in [-0.4, -0.2) is 21.7 Å². The molecule has 1 aromatic rings. The number of halogens is 1. The summed E-state index contributed by atoms with van der Waals surface area (Å²) in [5.74, 6) is 0.0664. The molecule has 0 aliphatic rings. The number of carbonyl (C=O) groups is 1. The molecule has 0 saturated heterocycles. The van der Waals surface area contributed by atoms with Crippen molar-refractivity contribution in [2.75, 3.05) is 5.32 Å². The zero-order valence-electron chi connectivity index (χ0n) is 8.74. The smallest absolute Gasteiger partial charge is 0.413 e. The van der Waals surface area contributed by atoms with Crippen LogP contribution in [0, 0.1) is 6.08 Å². The lowest BCUT2D eigenvalue weighted by molar-refractivity contribution is 0.0635. The molecule has 0 radical (unpaired) electrons. The van der Waals surface area contributed by atoms with E-state index in [4.69, 9.17) is 4.74 Å². The molecule has 0 bridgehead atoms. The van der Waals surface area contributed by atoms with Crippen molar-refractivity contribution >= 4 is 11.9 Å². The molecule has 0 aromatic carbocycles. The zero-order valence-corrected chi connectivity index (χ0v) is 8.74. The molecule has 0 fully saturated rings. The summed E-state index contributed by atoms with van der Waals surface area (Å²) in [6, 6.07) is 1.37. The first-order chi connectivity index (χ1) is 6.87. The Morgan fingerprint density at radius 1 is 1.53 bits per heavy atom. The lowest BCUT2D eigenvalue weighted by atomic mass is 10.2. The summed E-state index contributed by atoms with van der Waals surface area (Å²) in [5, 5.41) is 2.29. The maximum absolute atomic E-state index is 12.5. The van der Waals surface area contributed by atoms with Gasteiger partial charge in [-0.15, -0.1) is 0 Å². The van der Waals surface area contributed by atoms with E-state index in [1.807, 2.05) is 0 Å². The van der Waals surface area contributed by atoms with Gasteiger partial charge in [0.15, 0.2) is 0 Å². The van der Waals surface area contributed by atoms with Crippen LogP contribution in [-0.2, 0) is 4.74 Å². The van der Waals surface area contributed by atoms with E-state index in [0.717, 1.165) is 0 Å². The Balaban J connectivity index is 2.59. The van der Waals surface area contributed by atoms with Gasteiger partial charge in [-0.2, -0.15) is 9.37 Å². The topological polar surface area (TPSA) is 64.1 Å². The second-order valence-corrected chi connectivity index (χ2v) is 3.84. The molecular formula is C9H12FN3O2. The van der Waals surface area contributed by atoms with Crippen LogP contribution in [0.25, 0.3) is 0 Å². The van der Waals surface area contributed by atoms with Crippen LogP contribution in [0.4, 0.5) is 15.0 Å². The number of aromatic nitrogens is 2. The van der Waals surface area contributed by atoms with Gasteiger partial charge in [-0.05, 0) is 26.8 Å². The van der Waals surface area contributed by atoms with E-state index >= 15 is 0 Å². The van der Waals surface area contributed by atoms with E-state index in [1.165, 1.54) is 12.3 Å². The van der Waals surface area contributed by atoms with Crippen LogP contribution in [0.2, 0.25) is 0 Å². The minimum Gasteiger partial charge on any atom is -0.444 e. The molecular weight excluding hydrogens is 201 g/mol. The molecule has 0 atom stereocenters. The largest absolute Gasteiger partial charge is 0.444 e. The Kier molecular flexibility index (Phi) is 3.18. The van der Waals surface area contributed by atoms with Crippen molar-refractivity contribution in [3.8, 4) is 0 Å². The van der Waals surface area contributed by atoms with Crippen LogP contribution in [0.15, 0.2) is 12.3 Å². The van der Waals surface area contributed by atoms with Gasteiger partial charge in [-0.3, -0.25) is 5.32 Å². The lowest BCUT2D eigenvalue weighted by Gasteiger charge is -2.19. The number of carbonyl (C=O) groups excluding carboxylic acids is 1. The third-order valence-corrected chi connectivity index (χ3v) is 1.26. The van der Waals surface area contributed by atoms with Crippen molar-refractivity contribution < 1.29 is 13.9 Å². The zero-order chi connectivity index (χ0) is 11.5. The molecule has 6 heteroatoms. The number of nitrogens with one attached hydrogen (secondary N) is 1. The minimum atomic E-state index is -0.899. The Bertz CT molecular complexity index is 363. The lowest BCUT2D eigenvalue weighted by Crippen LogP contribution is -2.27. The van der Waals surface area contributed by atoms with Gasteiger partial charge in [0.1, 0.15) is 11.4 Å². The molecule has 5 nitrogen and oxygen atoms in total. The second-order valence-electron chi connectivity index (χ2n) is 3.84. The molecule has 1 amide bonds. The summed E-state index contributed by atoms with van der Waals surface area (Å²) < 4.78 is 17.5. The summed E-state index contributed by atoms with van der Waals surface area (Å²) in [5.41, 5.74) is -0.602. The van der Waals surface area contributed by atoms with Gasteiger partial charge in [0, 0.05) is 6.20 Å². The molecule has 15 heavy (non-hydrogen) atoms. The summed E-state index contributed by atoms with van der Waals surface area (Å²) in [4.78, 5) is 17.8. The third-order valence-electron chi connectivity index (χ3n) is 1.26. The molecule has 82 valence electrons. The fourth-order valence-corrected chi connectivity index (χ4v) is 0.813. The highest BCUT2D eigenvalue weighted by Gasteiger charge is 2.16. The van der Waals surface area contributed by atoms with E-state index in [0.29, 0.717) is 0 Å². The van der Waals surface area contributed by atoms with Crippen molar-refractivity contribution in [1.82, 2.24) is 9.97 Å². The summed E-state index contributed by atoms with van der Waals surface area (Å²) >= 11 is 0. The molecule has 0 unspecified atom stereocenters. The van der Waals surface area contributed by atoms with E-state index in [2.05, 4.69) is 15.3 Å². The molecule has 1 N–H and O–H groups in total. The maximum Gasteiger partial charge on any atom is 0.413 e. The standard InChI is InChI=1S/C9H12FN3O2/c1-9(2,3)15-8(14)13-6-4-5-11-7(10)12-6/h4-5H,1-3H3,(H,11,12,13,14). The van der Waals surface area contributed by atoms with Crippen LogP contribution in [0.1, 0.15) is 20.8 Å². The summed E-state index contributed by atoms with van der Waals surface area (Å²) in [7, 11) is 0. The average Bonchev–Trinajstić information content (AvgIpc) is 1.99. The predicted molar refractivity (Wildman–Crippen MR) is 51.8 cm³/mol. The monoisotopic (exact) mass is 213 g/mol. The van der Waals surface area contributed by atoms with Crippen molar-refractivity contribution in [3.05, 3.63) is 18.3 Å². The summed E-state index contributed by atoms with van der Waals surface area (Å²) in [6.07, 6.45) is -0.376. The number of amides is 1. The first-order valence-electron chi connectivity index (χ1n) is 4.35. The molecule has 1 rings (SSSR count). The first-order valence-corrected chi connectivity index (χ1v) is 4.35. The fraction of sp³-hybridized carbons (Fsp3) is 0.444. The van der Waals surface area contributed by atoms with E-state index in [9.17, 15) is 9.18 Å².